The second-order valence-corrected chi connectivity index (χ2v) is 8.50. The Morgan fingerprint density at radius 3 is 2.48 bits per heavy atom. The average Bonchev–Trinajstić information content (AvgIpc) is 3.03. The van der Waals surface area contributed by atoms with Gasteiger partial charge in [0.05, 0.1) is 35.8 Å². The molecule has 0 aliphatic rings. The van der Waals surface area contributed by atoms with Crippen LogP contribution in [0.4, 0.5) is 18.0 Å². The molecule has 0 saturated carbocycles. The van der Waals surface area contributed by atoms with Crippen LogP contribution in [-0.4, -0.2) is 46.5 Å². The summed E-state index contributed by atoms with van der Waals surface area (Å²) in [6, 6.07) is 1.86. The van der Waals surface area contributed by atoms with E-state index in [2.05, 4.69) is 19.7 Å². The van der Waals surface area contributed by atoms with Gasteiger partial charge < -0.3 is 14.0 Å². The number of halogens is 3. The summed E-state index contributed by atoms with van der Waals surface area (Å²) in [6.45, 7) is 3.03. The van der Waals surface area contributed by atoms with Gasteiger partial charge in [0.2, 0.25) is 0 Å². The fourth-order valence-electron chi connectivity index (χ4n) is 2.74. The van der Waals surface area contributed by atoms with E-state index < -0.39 is 27.9 Å². The number of pyridine rings is 2. The van der Waals surface area contributed by atoms with Crippen LogP contribution in [0.3, 0.4) is 0 Å². The first kappa shape index (κ1) is 22.5. The highest BCUT2D eigenvalue weighted by Crippen LogP contribution is 2.33. The number of alkyl halides is 3. The highest BCUT2D eigenvalue weighted by Gasteiger charge is 2.33. The molecule has 0 radical (unpaired) electrons. The van der Waals surface area contributed by atoms with Crippen molar-refractivity contribution in [3.05, 3.63) is 30.2 Å². The highest BCUT2D eigenvalue weighted by atomic mass is 32.2. The molecule has 3 heterocycles. The third kappa shape index (κ3) is 4.45. The van der Waals surface area contributed by atoms with Gasteiger partial charge in [-0.15, -0.1) is 0 Å². The summed E-state index contributed by atoms with van der Waals surface area (Å²) in [5, 5.41) is 0. The number of rotatable bonds is 5. The molecule has 0 saturated heterocycles. The number of aryl methyl sites for hydroxylation is 1. The predicted octanol–water partition coefficient (Wildman–Crippen LogP) is 3.38. The summed E-state index contributed by atoms with van der Waals surface area (Å²) >= 11 is 0. The van der Waals surface area contributed by atoms with Crippen LogP contribution in [0.15, 0.2) is 29.4 Å². The minimum Gasteiger partial charge on any atom is -0.434 e. The molecule has 9 nitrogen and oxygen atoms in total. The van der Waals surface area contributed by atoms with Crippen LogP contribution in [0.2, 0.25) is 0 Å². The molecule has 0 atom stereocenters. The number of imidazole rings is 1. The molecule has 13 heteroatoms. The first-order valence-corrected chi connectivity index (χ1v) is 10.6. The number of sulfone groups is 1. The minimum atomic E-state index is -4.66. The Hall–Kier alpha value is -3.22. The maximum absolute atomic E-state index is 13.0. The van der Waals surface area contributed by atoms with Crippen molar-refractivity contribution in [2.75, 3.05) is 12.4 Å². The van der Waals surface area contributed by atoms with Crippen LogP contribution in [0.25, 0.3) is 22.6 Å². The molecule has 0 aliphatic carbocycles. The zero-order chi connectivity index (χ0) is 23.0. The number of aromatic nitrogens is 4. The first-order chi connectivity index (χ1) is 14.5. The van der Waals surface area contributed by atoms with Crippen LogP contribution >= 0.6 is 0 Å². The Morgan fingerprint density at radius 2 is 1.87 bits per heavy atom. The van der Waals surface area contributed by atoms with E-state index in [0.29, 0.717) is 0 Å². The molecule has 31 heavy (non-hydrogen) atoms. The first-order valence-electron chi connectivity index (χ1n) is 8.95. The third-order valence-corrected chi connectivity index (χ3v) is 6.02. The summed E-state index contributed by atoms with van der Waals surface area (Å²) in [6.07, 6.45) is -3.60. The van der Waals surface area contributed by atoms with E-state index in [1.54, 1.807) is 6.92 Å². The largest absolute Gasteiger partial charge is 0.513 e. The Balaban J connectivity index is 2.18. The Labute approximate surface area is 174 Å². The quantitative estimate of drug-likeness (QED) is 0.535. The smallest absolute Gasteiger partial charge is 0.434 e. The van der Waals surface area contributed by atoms with Gasteiger partial charge in [0.1, 0.15) is 16.3 Å². The SMILES string of the molecule is CCOC(=O)Oc1cnc(-c2nc3cc(C(F)(F)F)ncc3n2C)c(S(=O)(=O)CC)c1. The molecule has 3 rings (SSSR count). The Kier molecular flexibility index (Phi) is 5.89. The van der Waals surface area contributed by atoms with Gasteiger partial charge in [-0.1, -0.05) is 6.92 Å². The van der Waals surface area contributed by atoms with Crippen LogP contribution in [0.5, 0.6) is 5.75 Å². The molecule has 0 aromatic carbocycles. The van der Waals surface area contributed by atoms with Crippen molar-refractivity contribution in [2.24, 2.45) is 7.05 Å². The van der Waals surface area contributed by atoms with E-state index in [1.165, 1.54) is 18.5 Å². The Morgan fingerprint density at radius 1 is 1.16 bits per heavy atom. The molecule has 3 aromatic heterocycles. The van der Waals surface area contributed by atoms with Crippen LogP contribution in [0.1, 0.15) is 19.5 Å². The van der Waals surface area contributed by atoms with Gasteiger partial charge in [-0.3, -0.25) is 0 Å². The molecule has 0 unspecified atom stereocenters. The number of ether oxygens (including phenoxy) is 2. The molecule has 0 spiro atoms. The summed E-state index contributed by atoms with van der Waals surface area (Å²) in [4.78, 5) is 22.9. The number of nitrogens with zero attached hydrogens (tertiary/aromatic N) is 4. The average molecular weight is 458 g/mol. The molecule has 0 aliphatic heterocycles. The van der Waals surface area contributed by atoms with E-state index in [4.69, 9.17) is 4.74 Å². The van der Waals surface area contributed by atoms with Crippen molar-refractivity contribution >= 4 is 27.0 Å². The summed E-state index contributed by atoms with van der Waals surface area (Å²) < 4.78 is 75.2. The fraction of sp³-hybridized carbons (Fsp3) is 0.333. The van der Waals surface area contributed by atoms with Crippen LogP contribution in [0, 0.1) is 0 Å². The topological polar surface area (TPSA) is 113 Å². The maximum Gasteiger partial charge on any atom is 0.513 e. The number of carbonyl (C=O) groups is 1. The molecular weight excluding hydrogens is 441 g/mol. The summed E-state index contributed by atoms with van der Waals surface area (Å²) in [5.74, 6) is -0.464. The highest BCUT2D eigenvalue weighted by molar-refractivity contribution is 7.91. The van der Waals surface area contributed by atoms with Crippen LogP contribution in [-0.2, 0) is 27.8 Å². The molecular formula is C18H17F3N4O5S. The van der Waals surface area contributed by atoms with E-state index >= 15 is 0 Å². The monoisotopic (exact) mass is 458 g/mol. The lowest BCUT2D eigenvalue weighted by atomic mass is 10.3. The van der Waals surface area contributed by atoms with Gasteiger partial charge in [-0.2, -0.15) is 13.2 Å². The summed E-state index contributed by atoms with van der Waals surface area (Å²) in [5.41, 5.74) is -1.02. The lowest BCUT2D eigenvalue weighted by Gasteiger charge is -2.11. The van der Waals surface area contributed by atoms with Crippen molar-refractivity contribution in [2.45, 2.75) is 24.9 Å². The zero-order valence-electron chi connectivity index (χ0n) is 16.6. The van der Waals surface area contributed by atoms with Crippen molar-refractivity contribution in [1.82, 2.24) is 19.5 Å². The number of carbonyl (C=O) groups excluding carboxylic acids is 1. The number of fused-ring (bicyclic) bond motifs is 1. The van der Waals surface area contributed by atoms with Gasteiger partial charge in [0.25, 0.3) is 0 Å². The number of hydrogen-bond acceptors (Lipinski definition) is 8. The van der Waals surface area contributed by atoms with Crippen molar-refractivity contribution < 1.29 is 35.9 Å². The van der Waals surface area contributed by atoms with Gasteiger partial charge in [0, 0.05) is 13.1 Å². The maximum atomic E-state index is 13.0. The predicted molar refractivity (Wildman–Crippen MR) is 102 cm³/mol. The second kappa shape index (κ2) is 8.13. The lowest BCUT2D eigenvalue weighted by molar-refractivity contribution is -0.141. The molecule has 0 N–H and O–H groups in total. The van der Waals surface area contributed by atoms with Gasteiger partial charge in [0.15, 0.2) is 21.4 Å². The van der Waals surface area contributed by atoms with E-state index in [-0.39, 0.29) is 45.6 Å². The van der Waals surface area contributed by atoms with Gasteiger partial charge in [-0.25, -0.2) is 28.2 Å². The minimum absolute atomic E-state index is 0.00540. The van der Waals surface area contributed by atoms with E-state index in [9.17, 15) is 26.4 Å². The van der Waals surface area contributed by atoms with Gasteiger partial charge >= 0.3 is 12.3 Å². The van der Waals surface area contributed by atoms with E-state index in [1.807, 2.05) is 0 Å². The third-order valence-electron chi connectivity index (χ3n) is 4.28. The second-order valence-electron chi connectivity index (χ2n) is 6.26. The van der Waals surface area contributed by atoms with Crippen LogP contribution < -0.4 is 4.74 Å². The fourth-order valence-corrected chi connectivity index (χ4v) is 3.79. The Bertz CT molecular complexity index is 1260. The molecule has 3 aromatic rings. The van der Waals surface area contributed by atoms with Crippen molar-refractivity contribution in [3.8, 4) is 17.3 Å². The van der Waals surface area contributed by atoms with Crippen molar-refractivity contribution in [1.29, 1.82) is 0 Å². The van der Waals surface area contributed by atoms with E-state index in [0.717, 1.165) is 24.5 Å². The molecule has 0 bridgehead atoms. The normalized spacial score (nSPS) is 12.2. The van der Waals surface area contributed by atoms with Gasteiger partial charge in [-0.05, 0) is 13.0 Å². The van der Waals surface area contributed by atoms with Crippen molar-refractivity contribution in [3.63, 3.8) is 0 Å². The molecule has 0 amide bonds. The standard InChI is InChI=1S/C18H17F3N4O5S/c1-4-29-17(26)30-10-6-13(31(27,28)5-2)15(23-8-10)16-24-11-7-14(18(19,20)21)22-9-12(11)25(16)3/h6-9H,4-5H2,1-3H3. The molecule has 0 fully saturated rings. The zero-order valence-corrected chi connectivity index (χ0v) is 17.4. The number of hydrogen-bond donors (Lipinski definition) is 0. The lowest BCUT2D eigenvalue weighted by Crippen LogP contribution is -2.13. The molecule has 166 valence electrons. The summed E-state index contributed by atoms with van der Waals surface area (Å²) in [7, 11) is -2.38.